The van der Waals surface area contributed by atoms with Crippen LogP contribution in [0.4, 0.5) is 5.69 Å². The third-order valence-electron chi connectivity index (χ3n) is 5.35. The Morgan fingerprint density at radius 1 is 1.40 bits per heavy atom. The van der Waals surface area contributed by atoms with Crippen LogP contribution in [0, 0.1) is 18.3 Å². The molecule has 0 spiro atoms. The lowest BCUT2D eigenvalue weighted by atomic mass is 9.73. The number of nitrogens with zero attached hydrogens (tertiary/aromatic N) is 1. The molecule has 2 unspecified atom stereocenters. The van der Waals surface area contributed by atoms with Gasteiger partial charge in [-0.1, -0.05) is 6.08 Å². The molecule has 1 aromatic heterocycles. The van der Waals surface area contributed by atoms with Crippen molar-refractivity contribution >= 4 is 17.5 Å². The maximum atomic E-state index is 12.4. The number of carbonyl (C=O) groups excluding carboxylic acids is 1. The summed E-state index contributed by atoms with van der Waals surface area (Å²) in [6.45, 7) is 4.18. The quantitative estimate of drug-likeness (QED) is 0.412. The number of methoxy groups -OCH3 is 2. The molecule has 2 atom stereocenters. The van der Waals surface area contributed by atoms with Crippen molar-refractivity contribution < 1.29 is 19.0 Å². The lowest BCUT2D eigenvalue weighted by molar-refractivity contribution is -0.115. The number of pyridine rings is 1. The first-order valence-corrected chi connectivity index (χ1v) is 9.61. The maximum Gasteiger partial charge on any atom is 0.248 e. The van der Waals surface area contributed by atoms with E-state index in [-0.39, 0.29) is 23.2 Å². The number of ether oxygens (including phenoxy) is 3. The molecule has 0 fully saturated rings. The molecular weight excluding hydrogens is 386 g/mol. The van der Waals surface area contributed by atoms with E-state index in [1.165, 1.54) is 7.11 Å². The minimum absolute atomic E-state index is 0.0337. The number of primary amides is 1. The number of allylic oxidation sites excluding steroid dienone is 2. The Labute approximate surface area is 175 Å². The third-order valence-corrected chi connectivity index (χ3v) is 5.35. The average Bonchev–Trinajstić information content (AvgIpc) is 2.73. The second kappa shape index (κ2) is 8.48. The Balaban J connectivity index is 2.21. The number of fused-ring (bicyclic) bond motifs is 1. The van der Waals surface area contributed by atoms with E-state index < -0.39 is 11.8 Å². The molecule has 3 rings (SSSR count). The van der Waals surface area contributed by atoms with Gasteiger partial charge in [0.25, 0.3) is 0 Å². The minimum atomic E-state index is -0.630. The number of hydrogen-bond acceptors (Lipinski definition) is 8. The van der Waals surface area contributed by atoms with Gasteiger partial charge in [-0.05, 0) is 31.9 Å². The van der Waals surface area contributed by atoms with E-state index in [4.69, 9.17) is 31.1 Å². The van der Waals surface area contributed by atoms with E-state index in [1.807, 2.05) is 19.9 Å². The van der Waals surface area contributed by atoms with Crippen LogP contribution in [0.2, 0.25) is 0 Å². The Hall–Kier alpha value is -3.49. The fourth-order valence-electron chi connectivity index (χ4n) is 3.99. The summed E-state index contributed by atoms with van der Waals surface area (Å²) >= 11 is 0. The first-order valence-electron chi connectivity index (χ1n) is 9.61. The molecule has 0 aromatic carbocycles. The Morgan fingerprint density at radius 3 is 2.73 bits per heavy atom. The molecule has 160 valence electrons. The highest BCUT2D eigenvalue weighted by atomic mass is 16.5. The first kappa shape index (κ1) is 21.2. The van der Waals surface area contributed by atoms with Gasteiger partial charge in [-0.25, -0.2) is 4.98 Å². The highest BCUT2D eigenvalue weighted by molar-refractivity contribution is 5.97. The van der Waals surface area contributed by atoms with E-state index in [2.05, 4.69) is 10.3 Å². The molecule has 0 bridgehead atoms. The lowest BCUT2D eigenvalue weighted by Gasteiger charge is -2.37. The largest absolute Gasteiger partial charge is 0.501 e. The van der Waals surface area contributed by atoms with Crippen molar-refractivity contribution in [2.45, 2.75) is 26.2 Å². The molecule has 1 aliphatic carbocycles. The SMILES string of the molecule is CCOc1ncc(C)c2c1C(C1CC=C(C(=N)OC)C=C1OC)C(C(N)=O)=C(N)N2. The predicted octanol–water partition coefficient (Wildman–Crippen LogP) is 2.05. The molecule has 30 heavy (non-hydrogen) atoms. The molecule has 1 aromatic rings. The van der Waals surface area contributed by atoms with Gasteiger partial charge < -0.3 is 31.0 Å². The zero-order chi connectivity index (χ0) is 22.0. The van der Waals surface area contributed by atoms with Gasteiger partial charge in [-0.3, -0.25) is 10.2 Å². The fourth-order valence-corrected chi connectivity index (χ4v) is 3.99. The van der Waals surface area contributed by atoms with Crippen LogP contribution in [-0.2, 0) is 14.3 Å². The van der Waals surface area contributed by atoms with Gasteiger partial charge in [-0.2, -0.15) is 0 Å². The second-order valence-corrected chi connectivity index (χ2v) is 7.05. The lowest BCUT2D eigenvalue weighted by Crippen LogP contribution is -2.35. The van der Waals surface area contributed by atoms with Gasteiger partial charge in [0.2, 0.25) is 17.7 Å². The van der Waals surface area contributed by atoms with Crippen molar-refractivity contribution in [3.05, 3.63) is 52.2 Å². The van der Waals surface area contributed by atoms with Crippen LogP contribution in [0.15, 0.2) is 41.1 Å². The number of aryl methyl sites for hydroxylation is 1. The zero-order valence-electron chi connectivity index (χ0n) is 17.5. The first-order chi connectivity index (χ1) is 14.3. The van der Waals surface area contributed by atoms with Crippen molar-refractivity contribution in [2.75, 3.05) is 26.1 Å². The summed E-state index contributed by atoms with van der Waals surface area (Å²) in [5, 5.41) is 11.1. The van der Waals surface area contributed by atoms with Gasteiger partial charge in [0.15, 0.2) is 0 Å². The number of carbonyl (C=O) groups is 1. The van der Waals surface area contributed by atoms with Crippen LogP contribution >= 0.6 is 0 Å². The maximum absolute atomic E-state index is 12.4. The second-order valence-electron chi connectivity index (χ2n) is 7.05. The van der Waals surface area contributed by atoms with Crippen LogP contribution in [-0.4, -0.2) is 37.6 Å². The molecule has 2 heterocycles. The number of rotatable bonds is 6. The summed E-state index contributed by atoms with van der Waals surface area (Å²) < 4.78 is 16.5. The molecule has 6 N–H and O–H groups in total. The molecule has 9 nitrogen and oxygen atoms in total. The number of nitrogens with two attached hydrogens (primary N) is 2. The Kier molecular flexibility index (Phi) is 6.00. The summed E-state index contributed by atoms with van der Waals surface area (Å²) in [5.74, 6) is -0.228. The summed E-state index contributed by atoms with van der Waals surface area (Å²) in [7, 11) is 2.99. The van der Waals surface area contributed by atoms with Gasteiger partial charge in [0.05, 0.1) is 32.1 Å². The van der Waals surface area contributed by atoms with Crippen molar-refractivity contribution in [2.24, 2.45) is 17.4 Å². The van der Waals surface area contributed by atoms with Crippen LogP contribution in [0.1, 0.15) is 30.4 Å². The monoisotopic (exact) mass is 413 g/mol. The molecule has 0 saturated heterocycles. The smallest absolute Gasteiger partial charge is 0.248 e. The summed E-state index contributed by atoms with van der Waals surface area (Å²) in [4.78, 5) is 16.9. The Bertz CT molecular complexity index is 980. The number of hydrogen-bond donors (Lipinski definition) is 4. The van der Waals surface area contributed by atoms with Gasteiger partial charge in [0, 0.05) is 29.2 Å². The van der Waals surface area contributed by atoms with E-state index >= 15 is 0 Å². The average molecular weight is 413 g/mol. The van der Waals surface area contributed by atoms with E-state index in [1.54, 1.807) is 19.4 Å². The van der Waals surface area contributed by atoms with Gasteiger partial charge in [-0.15, -0.1) is 0 Å². The summed E-state index contributed by atoms with van der Waals surface area (Å²) in [5.41, 5.74) is 15.2. The predicted molar refractivity (Wildman–Crippen MR) is 113 cm³/mol. The number of amides is 1. The third kappa shape index (κ3) is 3.58. The van der Waals surface area contributed by atoms with Crippen LogP contribution in [0.25, 0.3) is 0 Å². The van der Waals surface area contributed by atoms with Crippen molar-refractivity contribution in [1.82, 2.24) is 4.98 Å². The van der Waals surface area contributed by atoms with E-state index in [0.717, 1.165) is 11.3 Å². The summed E-state index contributed by atoms with van der Waals surface area (Å²) in [6, 6.07) is 0. The van der Waals surface area contributed by atoms with Crippen molar-refractivity contribution in [1.29, 1.82) is 5.41 Å². The van der Waals surface area contributed by atoms with Gasteiger partial charge in [0.1, 0.15) is 11.6 Å². The highest BCUT2D eigenvalue weighted by Gasteiger charge is 2.42. The molecule has 9 heteroatoms. The normalized spacial score (nSPS) is 20.4. The molecule has 1 aliphatic heterocycles. The standard InChI is InChI=1S/C21H27N5O4/c1-5-30-21-15-14(12-7-6-11(20(24)29-4)8-13(12)28-3)16(19(23)27)18(22)26-17(15)10(2)9-25-21/h6,8-9,12,14,24,26H,5,7,22H2,1-4H3,(H2,23,27). The van der Waals surface area contributed by atoms with Crippen LogP contribution in [0.3, 0.4) is 0 Å². The minimum Gasteiger partial charge on any atom is -0.501 e. The molecule has 1 amide bonds. The number of nitrogens with one attached hydrogen (secondary N) is 2. The van der Waals surface area contributed by atoms with E-state index in [9.17, 15) is 4.79 Å². The molecule has 0 radical (unpaired) electrons. The molecule has 2 aliphatic rings. The topological polar surface area (TPSA) is 146 Å². The van der Waals surface area contributed by atoms with Crippen molar-refractivity contribution in [3.63, 3.8) is 0 Å². The zero-order valence-corrected chi connectivity index (χ0v) is 17.5. The highest BCUT2D eigenvalue weighted by Crippen LogP contribution is 2.50. The summed E-state index contributed by atoms with van der Waals surface area (Å²) in [6.07, 6.45) is 5.79. The number of aromatic nitrogens is 1. The van der Waals surface area contributed by atoms with Crippen molar-refractivity contribution in [3.8, 4) is 5.88 Å². The van der Waals surface area contributed by atoms with Crippen LogP contribution < -0.4 is 21.5 Å². The van der Waals surface area contributed by atoms with Crippen LogP contribution in [0.5, 0.6) is 5.88 Å². The fraction of sp³-hybridized carbons (Fsp3) is 0.381. The van der Waals surface area contributed by atoms with Gasteiger partial charge >= 0.3 is 0 Å². The molecule has 0 saturated carbocycles. The molecular formula is C21H27N5O4. The number of anilines is 1. The van der Waals surface area contributed by atoms with E-state index in [0.29, 0.717) is 35.8 Å². The Morgan fingerprint density at radius 2 is 2.13 bits per heavy atom.